The lowest BCUT2D eigenvalue weighted by Gasteiger charge is -2.04. The van der Waals surface area contributed by atoms with E-state index in [4.69, 9.17) is 10.8 Å². The summed E-state index contributed by atoms with van der Waals surface area (Å²) < 4.78 is 0. The number of nitrogens with two attached hydrogens (primary N) is 1. The Hall–Kier alpha value is -1.55. The number of hydrogen-bond acceptors (Lipinski definition) is 3. The topological polar surface area (TPSA) is 75.4 Å². The van der Waals surface area contributed by atoms with Gasteiger partial charge in [-0.2, -0.15) is 0 Å². The van der Waals surface area contributed by atoms with Crippen molar-refractivity contribution in [2.45, 2.75) is 6.42 Å². The van der Waals surface area contributed by atoms with Crippen LogP contribution in [-0.2, 0) is 0 Å². The highest BCUT2D eigenvalue weighted by Crippen LogP contribution is 2.05. The molecular weight excluding hydrogens is 180 g/mol. The smallest absolute Gasteiger partial charge is 0.251 e. The van der Waals surface area contributed by atoms with Crippen LogP contribution in [-0.4, -0.2) is 24.2 Å². The molecular formula is C10H14N2O2. The molecule has 76 valence electrons. The molecule has 0 saturated carbocycles. The molecule has 0 radical (unpaired) electrons. The van der Waals surface area contributed by atoms with Crippen LogP contribution in [0.15, 0.2) is 24.3 Å². The van der Waals surface area contributed by atoms with Gasteiger partial charge in [-0.05, 0) is 24.6 Å². The molecule has 14 heavy (non-hydrogen) atoms. The summed E-state index contributed by atoms with van der Waals surface area (Å²) in [5, 5.41) is 11.2. The van der Waals surface area contributed by atoms with Crippen LogP contribution in [0.1, 0.15) is 16.8 Å². The summed E-state index contributed by atoms with van der Waals surface area (Å²) in [7, 11) is 0. The average molecular weight is 194 g/mol. The number of aliphatic hydroxyl groups excluding tert-OH is 1. The van der Waals surface area contributed by atoms with Crippen molar-refractivity contribution in [1.82, 2.24) is 5.32 Å². The minimum Gasteiger partial charge on any atom is -0.399 e. The first-order chi connectivity index (χ1) is 6.74. The van der Waals surface area contributed by atoms with Gasteiger partial charge in [-0.25, -0.2) is 0 Å². The number of nitrogen functional groups attached to an aromatic ring is 1. The minimum absolute atomic E-state index is 0.0806. The van der Waals surface area contributed by atoms with Crippen molar-refractivity contribution >= 4 is 11.6 Å². The lowest BCUT2D eigenvalue weighted by Crippen LogP contribution is -2.25. The second-order valence-electron chi connectivity index (χ2n) is 2.96. The number of carbonyl (C=O) groups is 1. The molecule has 1 amide bonds. The predicted molar refractivity (Wildman–Crippen MR) is 54.9 cm³/mol. The molecule has 0 saturated heterocycles. The molecule has 4 heteroatoms. The first-order valence-corrected chi connectivity index (χ1v) is 4.48. The summed E-state index contributed by atoms with van der Waals surface area (Å²) in [6.45, 7) is 0.557. The SMILES string of the molecule is Nc1cccc(C(=O)NCCCO)c1. The molecule has 0 aliphatic rings. The van der Waals surface area contributed by atoms with E-state index in [1.54, 1.807) is 24.3 Å². The van der Waals surface area contributed by atoms with E-state index in [0.717, 1.165) is 0 Å². The average Bonchev–Trinajstić information content (AvgIpc) is 2.18. The highest BCUT2D eigenvalue weighted by molar-refractivity contribution is 5.94. The first kappa shape index (κ1) is 10.5. The van der Waals surface area contributed by atoms with Crippen molar-refractivity contribution in [2.75, 3.05) is 18.9 Å². The number of rotatable bonds is 4. The third kappa shape index (κ3) is 3.06. The van der Waals surface area contributed by atoms with Gasteiger partial charge >= 0.3 is 0 Å². The Kier molecular flexibility index (Phi) is 3.94. The molecule has 0 bridgehead atoms. The van der Waals surface area contributed by atoms with E-state index in [1.165, 1.54) is 0 Å². The molecule has 0 spiro atoms. The molecule has 0 aromatic heterocycles. The van der Waals surface area contributed by atoms with Gasteiger partial charge in [0.1, 0.15) is 0 Å². The third-order valence-electron chi connectivity index (χ3n) is 1.77. The second-order valence-corrected chi connectivity index (χ2v) is 2.96. The van der Waals surface area contributed by atoms with E-state index in [9.17, 15) is 4.79 Å². The fraction of sp³-hybridized carbons (Fsp3) is 0.300. The van der Waals surface area contributed by atoms with Gasteiger partial charge in [0.15, 0.2) is 0 Å². The quantitative estimate of drug-likeness (QED) is 0.479. The maximum Gasteiger partial charge on any atom is 0.251 e. The van der Waals surface area contributed by atoms with Gasteiger partial charge in [-0.1, -0.05) is 6.07 Å². The van der Waals surface area contributed by atoms with Crippen molar-refractivity contribution in [3.8, 4) is 0 Å². The zero-order valence-electron chi connectivity index (χ0n) is 7.86. The Labute approximate surface area is 82.7 Å². The van der Waals surface area contributed by atoms with Crippen molar-refractivity contribution < 1.29 is 9.90 Å². The molecule has 4 nitrogen and oxygen atoms in total. The van der Waals surface area contributed by atoms with Crippen LogP contribution in [0.5, 0.6) is 0 Å². The molecule has 1 aromatic carbocycles. The van der Waals surface area contributed by atoms with Gasteiger partial charge in [-0.15, -0.1) is 0 Å². The van der Waals surface area contributed by atoms with Crippen LogP contribution in [0.3, 0.4) is 0 Å². The Morgan fingerprint density at radius 2 is 2.29 bits per heavy atom. The maximum atomic E-state index is 11.4. The molecule has 0 aliphatic carbocycles. The van der Waals surface area contributed by atoms with Crippen molar-refractivity contribution in [2.24, 2.45) is 0 Å². The lowest BCUT2D eigenvalue weighted by molar-refractivity contribution is 0.0951. The van der Waals surface area contributed by atoms with Crippen molar-refractivity contribution in [3.05, 3.63) is 29.8 Å². The second kappa shape index (κ2) is 5.24. The zero-order valence-corrected chi connectivity index (χ0v) is 7.86. The Morgan fingerprint density at radius 3 is 2.93 bits per heavy atom. The summed E-state index contributed by atoms with van der Waals surface area (Å²) in [6, 6.07) is 6.78. The number of carbonyl (C=O) groups excluding carboxylic acids is 1. The van der Waals surface area contributed by atoms with Crippen LogP contribution in [0.4, 0.5) is 5.69 Å². The van der Waals surface area contributed by atoms with Gasteiger partial charge in [0, 0.05) is 24.4 Å². The minimum atomic E-state index is -0.161. The summed E-state index contributed by atoms with van der Waals surface area (Å²) >= 11 is 0. The normalized spacial score (nSPS) is 9.79. The number of benzene rings is 1. The Balaban J connectivity index is 2.52. The number of amides is 1. The summed E-state index contributed by atoms with van der Waals surface area (Å²) in [5.41, 5.74) is 6.64. The summed E-state index contributed by atoms with van der Waals surface area (Å²) in [5.74, 6) is -0.161. The molecule has 1 rings (SSSR count). The summed E-state index contributed by atoms with van der Waals surface area (Å²) in [4.78, 5) is 11.4. The number of nitrogens with one attached hydrogen (secondary N) is 1. The zero-order chi connectivity index (χ0) is 10.4. The number of hydrogen-bond donors (Lipinski definition) is 3. The third-order valence-corrected chi connectivity index (χ3v) is 1.77. The fourth-order valence-electron chi connectivity index (χ4n) is 1.06. The van der Waals surface area contributed by atoms with E-state index in [0.29, 0.717) is 24.2 Å². The van der Waals surface area contributed by atoms with Crippen LogP contribution in [0.25, 0.3) is 0 Å². The van der Waals surface area contributed by atoms with Crippen LogP contribution >= 0.6 is 0 Å². The molecule has 0 aliphatic heterocycles. The monoisotopic (exact) mass is 194 g/mol. The highest BCUT2D eigenvalue weighted by atomic mass is 16.3. The highest BCUT2D eigenvalue weighted by Gasteiger charge is 2.03. The van der Waals surface area contributed by atoms with Crippen LogP contribution < -0.4 is 11.1 Å². The van der Waals surface area contributed by atoms with Gasteiger partial charge < -0.3 is 16.2 Å². The van der Waals surface area contributed by atoms with Gasteiger partial charge in [0.2, 0.25) is 0 Å². The molecule has 0 unspecified atom stereocenters. The van der Waals surface area contributed by atoms with E-state index in [2.05, 4.69) is 5.32 Å². The van der Waals surface area contributed by atoms with Crippen molar-refractivity contribution in [3.63, 3.8) is 0 Å². The first-order valence-electron chi connectivity index (χ1n) is 4.48. The number of aliphatic hydroxyl groups is 1. The molecule has 0 heterocycles. The van der Waals surface area contributed by atoms with Crippen LogP contribution in [0.2, 0.25) is 0 Å². The van der Waals surface area contributed by atoms with Gasteiger partial charge in [0.05, 0.1) is 0 Å². The largest absolute Gasteiger partial charge is 0.399 e. The predicted octanol–water partition coefficient (Wildman–Crippen LogP) is 0.381. The molecule has 4 N–H and O–H groups in total. The van der Waals surface area contributed by atoms with Gasteiger partial charge in [-0.3, -0.25) is 4.79 Å². The van der Waals surface area contributed by atoms with E-state index in [1.807, 2.05) is 0 Å². The van der Waals surface area contributed by atoms with Gasteiger partial charge in [0.25, 0.3) is 5.91 Å². The standard InChI is InChI=1S/C10H14N2O2/c11-9-4-1-3-8(7-9)10(14)12-5-2-6-13/h1,3-4,7,13H,2,5-6,11H2,(H,12,14). The fourth-order valence-corrected chi connectivity index (χ4v) is 1.06. The summed E-state index contributed by atoms with van der Waals surface area (Å²) in [6.07, 6.45) is 0.564. The Morgan fingerprint density at radius 1 is 1.50 bits per heavy atom. The molecule has 1 aromatic rings. The van der Waals surface area contributed by atoms with Crippen LogP contribution in [0, 0.1) is 0 Å². The molecule has 0 atom stereocenters. The maximum absolute atomic E-state index is 11.4. The molecule has 0 fully saturated rings. The van der Waals surface area contributed by atoms with E-state index in [-0.39, 0.29) is 12.5 Å². The van der Waals surface area contributed by atoms with E-state index >= 15 is 0 Å². The Bertz CT molecular complexity index is 313. The lowest BCUT2D eigenvalue weighted by atomic mass is 10.2. The number of anilines is 1. The van der Waals surface area contributed by atoms with Crippen molar-refractivity contribution in [1.29, 1.82) is 0 Å². The van der Waals surface area contributed by atoms with E-state index < -0.39 is 0 Å².